The first kappa shape index (κ1) is 20.7. The van der Waals surface area contributed by atoms with Crippen LogP contribution in [0.15, 0.2) is 61.1 Å². The molecule has 31 heavy (non-hydrogen) atoms. The van der Waals surface area contributed by atoms with E-state index in [-0.39, 0.29) is 12.5 Å². The van der Waals surface area contributed by atoms with Crippen molar-refractivity contribution in [1.82, 2.24) is 20.3 Å². The summed E-state index contributed by atoms with van der Waals surface area (Å²) in [5.74, 6) is 0.561. The highest BCUT2D eigenvalue weighted by Gasteiger charge is 2.07. The van der Waals surface area contributed by atoms with Crippen molar-refractivity contribution >= 4 is 44.1 Å². The number of methoxy groups -OCH3 is 1. The number of pyridine rings is 2. The fraction of sp³-hybridized carbons (Fsp3) is 0.182. The maximum Gasteiger partial charge on any atom is 0.246 e. The first-order valence-electron chi connectivity index (χ1n) is 9.75. The minimum Gasteiger partial charge on any atom is -0.383 e. The van der Waals surface area contributed by atoms with Crippen molar-refractivity contribution in [2.45, 2.75) is 0 Å². The van der Waals surface area contributed by atoms with Gasteiger partial charge in [0.1, 0.15) is 12.4 Å². The van der Waals surface area contributed by atoms with Gasteiger partial charge in [-0.2, -0.15) is 0 Å². The molecule has 1 aromatic carbocycles. The lowest BCUT2D eigenvalue weighted by atomic mass is 10.1. The molecule has 0 radical (unpaired) electrons. The summed E-state index contributed by atoms with van der Waals surface area (Å²) in [5.41, 5.74) is 4.09. The zero-order valence-corrected chi connectivity index (χ0v) is 17.8. The smallest absolute Gasteiger partial charge is 0.246 e. The number of hydrogen-bond acceptors (Lipinski definition) is 8. The Bertz CT molecular complexity index is 1170. The minimum absolute atomic E-state index is 0.0650. The second-order valence-electron chi connectivity index (χ2n) is 6.70. The van der Waals surface area contributed by atoms with Gasteiger partial charge in [-0.25, -0.2) is 9.97 Å². The van der Waals surface area contributed by atoms with Crippen LogP contribution in [-0.4, -0.2) is 47.7 Å². The average Bonchev–Trinajstić information content (AvgIpc) is 3.19. The van der Waals surface area contributed by atoms with Crippen LogP contribution in [0, 0.1) is 0 Å². The number of anilines is 3. The number of aromatic nitrogens is 3. The fourth-order valence-corrected chi connectivity index (χ4v) is 3.92. The van der Waals surface area contributed by atoms with Crippen molar-refractivity contribution in [3.63, 3.8) is 0 Å². The molecule has 1 amide bonds. The van der Waals surface area contributed by atoms with Crippen molar-refractivity contribution < 1.29 is 9.53 Å². The zero-order chi connectivity index (χ0) is 21.5. The van der Waals surface area contributed by atoms with Gasteiger partial charge >= 0.3 is 0 Å². The lowest BCUT2D eigenvalue weighted by Crippen LogP contribution is -2.31. The van der Waals surface area contributed by atoms with Gasteiger partial charge in [-0.15, -0.1) is 0 Å². The number of thiazole rings is 1. The van der Waals surface area contributed by atoms with Crippen molar-refractivity contribution in [3.05, 3.63) is 61.1 Å². The molecule has 0 bridgehead atoms. The Hall–Kier alpha value is -3.56. The molecular weight excluding hydrogens is 412 g/mol. The number of carbonyl (C=O) groups excluding carboxylic acids is 1. The predicted molar refractivity (Wildman–Crippen MR) is 124 cm³/mol. The number of ether oxygens (including phenoxy) is 1. The molecule has 0 aliphatic carbocycles. The normalized spacial score (nSPS) is 10.7. The summed E-state index contributed by atoms with van der Waals surface area (Å²) in [4.78, 5) is 24.5. The number of nitrogens with zero attached hydrogens (tertiary/aromatic N) is 3. The molecule has 0 aliphatic heterocycles. The first-order chi connectivity index (χ1) is 15.2. The Morgan fingerprint density at radius 2 is 1.90 bits per heavy atom. The molecule has 0 atom stereocenters. The summed E-state index contributed by atoms with van der Waals surface area (Å²) in [6, 6.07) is 14.0. The Balaban J connectivity index is 1.39. The van der Waals surface area contributed by atoms with Gasteiger partial charge in [0.2, 0.25) is 5.91 Å². The van der Waals surface area contributed by atoms with Crippen molar-refractivity contribution in [1.29, 1.82) is 0 Å². The van der Waals surface area contributed by atoms with Crippen molar-refractivity contribution in [2.24, 2.45) is 0 Å². The monoisotopic (exact) mass is 434 g/mol. The quantitative estimate of drug-likeness (QED) is 0.346. The van der Waals surface area contributed by atoms with E-state index in [0.717, 1.165) is 32.2 Å². The molecule has 3 N–H and O–H groups in total. The molecule has 4 aromatic rings. The van der Waals surface area contributed by atoms with Gasteiger partial charge in [0.25, 0.3) is 0 Å². The molecule has 8 nitrogen and oxygen atoms in total. The lowest BCUT2D eigenvalue weighted by molar-refractivity contribution is -0.124. The third kappa shape index (κ3) is 5.53. The number of carbonyl (C=O) groups is 1. The maximum atomic E-state index is 11.4. The van der Waals surface area contributed by atoms with Gasteiger partial charge in [0, 0.05) is 50.5 Å². The molecule has 0 fully saturated rings. The largest absolute Gasteiger partial charge is 0.383 e. The highest BCUT2D eigenvalue weighted by molar-refractivity contribution is 7.22. The van der Waals surface area contributed by atoms with Crippen LogP contribution >= 0.6 is 11.3 Å². The summed E-state index contributed by atoms with van der Waals surface area (Å²) < 4.78 is 5.88. The summed E-state index contributed by atoms with van der Waals surface area (Å²) in [6.07, 6.45) is 5.31. The molecule has 0 spiro atoms. The van der Waals surface area contributed by atoms with Crippen molar-refractivity contribution in [2.75, 3.05) is 37.4 Å². The highest BCUT2D eigenvalue weighted by Crippen LogP contribution is 2.31. The van der Waals surface area contributed by atoms with Crippen LogP contribution in [0.4, 0.5) is 16.6 Å². The van der Waals surface area contributed by atoms with Gasteiger partial charge < -0.3 is 20.7 Å². The van der Waals surface area contributed by atoms with Crippen LogP contribution in [0.25, 0.3) is 21.3 Å². The van der Waals surface area contributed by atoms with Crippen LogP contribution in [0.5, 0.6) is 0 Å². The summed E-state index contributed by atoms with van der Waals surface area (Å²) in [5, 5.41) is 10.1. The van der Waals surface area contributed by atoms with E-state index in [1.54, 1.807) is 29.9 Å². The second kappa shape index (κ2) is 9.96. The van der Waals surface area contributed by atoms with E-state index >= 15 is 0 Å². The topological polar surface area (TPSA) is 101 Å². The number of hydrogen-bond donors (Lipinski definition) is 3. The van der Waals surface area contributed by atoms with E-state index in [9.17, 15) is 4.79 Å². The van der Waals surface area contributed by atoms with Gasteiger partial charge in [-0.05, 0) is 41.5 Å². The van der Waals surface area contributed by atoms with Gasteiger partial charge in [0.05, 0.1) is 10.2 Å². The van der Waals surface area contributed by atoms with Crippen molar-refractivity contribution in [3.8, 4) is 11.1 Å². The van der Waals surface area contributed by atoms with Crippen LogP contribution < -0.4 is 16.0 Å². The van der Waals surface area contributed by atoms with Crippen LogP contribution in [0.1, 0.15) is 0 Å². The molecule has 0 saturated heterocycles. The number of nitrogens with one attached hydrogen (secondary N) is 3. The van der Waals surface area contributed by atoms with Gasteiger partial charge in [-0.1, -0.05) is 17.4 Å². The van der Waals surface area contributed by atoms with E-state index in [1.165, 1.54) is 7.11 Å². The molecule has 0 saturated carbocycles. The fourth-order valence-electron chi connectivity index (χ4n) is 3.01. The lowest BCUT2D eigenvalue weighted by Gasteiger charge is -2.09. The molecule has 0 aliphatic rings. The predicted octanol–water partition coefficient (Wildman–Crippen LogP) is 3.67. The standard InChI is InChI=1S/C22H22N6O2S/c1-30-14-21(29)26-11-10-24-17-6-9-25-20(13-17)28-22-27-18-3-2-16(12-19(18)31-22)15-4-7-23-8-5-15/h2-9,12-13H,10-11,14H2,1H3,(H,26,29)(H2,24,25,27,28). The molecule has 158 valence electrons. The molecule has 0 unspecified atom stereocenters. The molecule has 4 rings (SSSR count). The van der Waals surface area contributed by atoms with Gasteiger partial charge in [-0.3, -0.25) is 9.78 Å². The number of benzene rings is 1. The number of amides is 1. The SMILES string of the molecule is COCC(=O)NCCNc1ccnc(Nc2nc3ccc(-c4ccncc4)cc3s2)c1. The van der Waals surface area contributed by atoms with E-state index in [0.29, 0.717) is 18.9 Å². The third-order valence-corrected chi connectivity index (χ3v) is 5.38. The Morgan fingerprint density at radius 3 is 2.74 bits per heavy atom. The van der Waals surface area contributed by atoms with Crippen LogP contribution in [0.2, 0.25) is 0 Å². The Kier molecular flexibility index (Phi) is 6.65. The zero-order valence-electron chi connectivity index (χ0n) is 17.0. The van der Waals surface area contributed by atoms with Crippen LogP contribution in [0.3, 0.4) is 0 Å². The van der Waals surface area contributed by atoms with E-state index < -0.39 is 0 Å². The van der Waals surface area contributed by atoms with Gasteiger partial charge in [0.15, 0.2) is 5.13 Å². The first-order valence-corrected chi connectivity index (χ1v) is 10.6. The second-order valence-corrected chi connectivity index (χ2v) is 7.73. The summed E-state index contributed by atoms with van der Waals surface area (Å²) in [6.45, 7) is 1.17. The molecular formula is C22H22N6O2S. The van der Waals surface area contributed by atoms with E-state index in [1.807, 2.05) is 30.3 Å². The summed E-state index contributed by atoms with van der Waals surface area (Å²) >= 11 is 1.58. The average molecular weight is 435 g/mol. The highest BCUT2D eigenvalue weighted by atomic mass is 32.1. The van der Waals surface area contributed by atoms with E-state index in [4.69, 9.17) is 4.74 Å². The molecule has 9 heteroatoms. The molecule has 3 aromatic heterocycles. The minimum atomic E-state index is -0.135. The number of rotatable bonds is 9. The van der Waals surface area contributed by atoms with E-state index in [2.05, 4.69) is 43.0 Å². The maximum absolute atomic E-state index is 11.4. The Labute approximate surface area is 183 Å². The number of fused-ring (bicyclic) bond motifs is 1. The van der Waals surface area contributed by atoms with Crippen LogP contribution in [-0.2, 0) is 9.53 Å². The summed E-state index contributed by atoms with van der Waals surface area (Å²) in [7, 11) is 1.49. The Morgan fingerprint density at radius 1 is 1.03 bits per heavy atom. The molecule has 3 heterocycles. The third-order valence-electron chi connectivity index (χ3n) is 4.45.